The number of carbonyl (C=O) groups is 2. The Morgan fingerprint density at radius 3 is 2.47 bits per heavy atom. The number of ketones is 2. The summed E-state index contributed by atoms with van der Waals surface area (Å²) in [5.41, 5.74) is -5.88. The number of carbonyl (C=O) groups excluding carboxylic acids is 2. The van der Waals surface area contributed by atoms with Crippen molar-refractivity contribution in [1.82, 2.24) is 0 Å². The number of aliphatic hydroxyl groups excluding tert-OH is 1. The van der Waals surface area contributed by atoms with Crippen LogP contribution in [0.5, 0.6) is 0 Å². The Labute approximate surface area is 242 Å². The molecule has 0 radical (unpaired) electrons. The van der Waals surface area contributed by atoms with Crippen molar-refractivity contribution in [3.63, 3.8) is 0 Å². The molecule has 0 aromatic rings. The average Bonchev–Trinajstić information content (AvgIpc) is 2.89. The molecule has 4 N–H and O–H groups in total. The molecule has 34 heavy (non-hydrogen) atoms. The molecule has 0 bridgehead atoms. The van der Waals surface area contributed by atoms with E-state index in [1.807, 2.05) is 0 Å². The Balaban J connectivity index is 0.00000204. The molecule has 3 fully saturated rings. The number of hydrogen-bond acceptors (Lipinski definition) is 6. The van der Waals surface area contributed by atoms with Crippen molar-refractivity contribution in [3.8, 4) is 0 Å². The number of rotatable bonds is 4. The van der Waals surface area contributed by atoms with Crippen LogP contribution in [0.25, 0.3) is 0 Å². The molecule has 0 saturated heterocycles. The van der Waals surface area contributed by atoms with Crippen LogP contribution in [0.2, 0.25) is 0 Å². The van der Waals surface area contributed by atoms with Crippen LogP contribution in [0.3, 0.4) is 0 Å². The summed E-state index contributed by atoms with van der Waals surface area (Å²) in [7, 11) is -4.93. The Morgan fingerprint density at radius 1 is 1.26 bits per heavy atom. The van der Waals surface area contributed by atoms with Crippen LogP contribution in [0.15, 0.2) is 23.8 Å². The van der Waals surface area contributed by atoms with Crippen molar-refractivity contribution in [2.75, 3.05) is 6.61 Å². The van der Waals surface area contributed by atoms with Gasteiger partial charge in [-0.2, -0.15) is 0 Å². The zero-order valence-electron chi connectivity index (χ0n) is 18.3. The first-order valence-electron chi connectivity index (χ1n) is 10.9. The van der Waals surface area contributed by atoms with Gasteiger partial charge in [-0.3, -0.25) is 14.1 Å². The summed E-state index contributed by atoms with van der Waals surface area (Å²) in [6.07, 6.45) is 3.70. The Bertz CT molecular complexity index is 984. The summed E-state index contributed by atoms with van der Waals surface area (Å²) in [6.45, 7) is 4.00. The Kier molecular flexibility index (Phi) is 8.96. The predicted molar refractivity (Wildman–Crippen MR) is 125 cm³/mol. The minimum absolute atomic E-state index is 0. The van der Waals surface area contributed by atoms with E-state index in [-0.39, 0.29) is 71.3 Å². The number of alkyl halides is 1. The first-order valence-corrected chi connectivity index (χ1v) is 12.4. The molecule has 0 spiro atoms. The van der Waals surface area contributed by atoms with E-state index in [1.54, 1.807) is 20.8 Å². The van der Waals surface area contributed by atoms with Gasteiger partial charge in [-0.1, -0.05) is 25.5 Å². The molecule has 3 saturated carbocycles. The zero-order chi connectivity index (χ0) is 23.9. The minimum atomic E-state index is -4.93. The molecule has 0 aromatic carbocycles. The quantitative estimate of drug-likeness (QED) is 0.314. The third-order valence-corrected chi connectivity index (χ3v) is 9.48. The van der Waals surface area contributed by atoms with Gasteiger partial charge in [0.15, 0.2) is 17.2 Å². The van der Waals surface area contributed by atoms with E-state index >= 15 is 4.39 Å². The van der Waals surface area contributed by atoms with Gasteiger partial charge < -0.3 is 20.0 Å². The van der Waals surface area contributed by atoms with Crippen LogP contribution < -0.4 is 0 Å². The van der Waals surface area contributed by atoms with Crippen molar-refractivity contribution < 1.29 is 43.1 Å². The van der Waals surface area contributed by atoms with E-state index in [0.717, 1.165) is 0 Å². The van der Waals surface area contributed by atoms with Crippen LogP contribution in [-0.2, 0) is 18.7 Å². The number of Topliss-reactive ketones (excluding diaryl/α,β-unsaturated/α-hetero) is 1. The molecule has 0 aliphatic heterocycles. The van der Waals surface area contributed by atoms with E-state index in [1.165, 1.54) is 18.2 Å². The van der Waals surface area contributed by atoms with Crippen molar-refractivity contribution in [3.05, 3.63) is 23.8 Å². The van der Waals surface area contributed by atoms with Crippen LogP contribution >= 0.6 is 7.82 Å². The van der Waals surface area contributed by atoms with E-state index in [2.05, 4.69) is 4.52 Å². The van der Waals surface area contributed by atoms with Crippen molar-refractivity contribution in [1.29, 1.82) is 0 Å². The summed E-state index contributed by atoms with van der Waals surface area (Å²) in [4.78, 5) is 42.8. The first kappa shape index (κ1) is 31.0. The number of halogens is 1. The number of aliphatic hydroxyl groups is 2. The average molecular weight is 520 g/mol. The van der Waals surface area contributed by atoms with E-state index in [0.29, 0.717) is 24.8 Å². The van der Waals surface area contributed by atoms with Gasteiger partial charge in [0, 0.05) is 16.7 Å². The summed E-state index contributed by atoms with van der Waals surface area (Å²) < 4.78 is 32.5. The van der Waals surface area contributed by atoms with Crippen molar-refractivity contribution in [2.24, 2.45) is 28.6 Å². The van der Waals surface area contributed by atoms with Crippen LogP contribution in [0, 0.1) is 28.6 Å². The summed E-state index contributed by atoms with van der Waals surface area (Å²) >= 11 is 0. The second-order valence-electron chi connectivity index (χ2n) is 10.4. The number of fused-ring (bicyclic) bond motifs is 5. The van der Waals surface area contributed by atoms with E-state index < -0.39 is 66.2 Å². The first-order chi connectivity index (χ1) is 14.6. The zero-order valence-corrected chi connectivity index (χ0v) is 19.2. The number of phosphoric acid groups is 1. The van der Waals surface area contributed by atoms with Gasteiger partial charge in [-0.15, -0.1) is 0 Å². The standard InChI is InChI=1S/C22H30FO8P.2Na.2H/c1-12-8-16-15-5-4-13-9-14(24)6-7-19(13,2)21(15,23)17(25)10-20(16,3)22(12,27)18(26)11-31-32(28,29)30;;;;/h6-7,9,12,15-17,25,27H,4-5,8,10-11H2,1-3H3,(H2,28,29,30);;;;/t12-,15-,16-,17-,19-,20-,21-,22-;;;;/m0..../s1. The monoisotopic (exact) mass is 520 g/mol. The molecule has 0 heterocycles. The summed E-state index contributed by atoms with van der Waals surface area (Å²) in [5, 5.41) is 22.8. The maximum absolute atomic E-state index is 17.0. The second kappa shape index (κ2) is 9.83. The van der Waals surface area contributed by atoms with Gasteiger partial charge in [0.1, 0.15) is 12.2 Å². The molecule has 182 valence electrons. The normalized spacial score (nSPS) is 45.2. The summed E-state index contributed by atoms with van der Waals surface area (Å²) in [5.74, 6) is -2.87. The van der Waals surface area contributed by atoms with Gasteiger partial charge >= 0.3 is 66.9 Å². The molecule has 4 aliphatic rings. The number of hydrogen-bond donors (Lipinski definition) is 4. The van der Waals surface area contributed by atoms with Gasteiger partial charge in [0.25, 0.3) is 0 Å². The number of phosphoric ester groups is 1. The van der Waals surface area contributed by atoms with Gasteiger partial charge in [0.2, 0.25) is 0 Å². The third kappa shape index (κ3) is 4.20. The maximum atomic E-state index is 17.0. The molecular formula is C22H32FNa2O8P. The fourth-order valence-corrected chi connectivity index (χ4v) is 7.68. The van der Waals surface area contributed by atoms with E-state index in [9.17, 15) is 24.4 Å². The second-order valence-corrected chi connectivity index (χ2v) is 11.6. The molecular weight excluding hydrogens is 488 g/mol. The third-order valence-electron chi connectivity index (χ3n) is 9.01. The summed E-state index contributed by atoms with van der Waals surface area (Å²) in [6, 6.07) is 0. The van der Waals surface area contributed by atoms with Crippen LogP contribution in [-0.4, -0.2) is 115 Å². The predicted octanol–water partition coefficient (Wildman–Crippen LogP) is 0.716. The molecule has 12 heteroatoms. The fraction of sp³-hybridized carbons (Fsp3) is 0.727. The van der Waals surface area contributed by atoms with Gasteiger partial charge in [-0.05, 0) is 56.6 Å². The molecule has 8 atom stereocenters. The topological polar surface area (TPSA) is 141 Å². The molecule has 0 aromatic heterocycles. The molecule has 4 rings (SSSR count). The fourth-order valence-electron chi connectivity index (χ4n) is 7.39. The molecule has 4 aliphatic carbocycles. The number of allylic oxidation sites excluding steroid dienone is 4. The SMILES string of the molecule is C[C@H]1C[C@H]2[C@@H]3CCC4=CC(=O)C=C[C@]4(C)[C@@]3(F)[C@@H](O)C[C@]2(C)[C@@]1(O)C(=O)COP(=O)(O)O.[NaH].[NaH]. The van der Waals surface area contributed by atoms with Gasteiger partial charge in [0.05, 0.1) is 6.10 Å². The van der Waals surface area contributed by atoms with Crippen LogP contribution in [0.4, 0.5) is 4.39 Å². The molecule has 8 nitrogen and oxygen atoms in total. The Morgan fingerprint density at radius 2 is 1.88 bits per heavy atom. The van der Waals surface area contributed by atoms with E-state index in [4.69, 9.17) is 9.79 Å². The molecule has 0 unspecified atom stereocenters. The van der Waals surface area contributed by atoms with Crippen molar-refractivity contribution in [2.45, 2.75) is 63.8 Å². The van der Waals surface area contributed by atoms with Crippen LogP contribution in [0.1, 0.15) is 46.5 Å². The van der Waals surface area contributed by atoms with Crippen molar-refractivity contribution >= 4 is 78.5 Å². The Hall–Kier alpha value is 0.780. The molecule has 0 amide bonds. The van der Waals surface area contributed by atoms with Gasteiger partial charge in [-0.25, -0.2) is 8.96 Å².